The molecule has 0 aromatic heterocycles. The van der Waals surface area contributed by atoms with Gasteiger partial charge in [-0.05, 0) is 19.8 Å². The van der Waals surface area contributed by atoms with Crippen LogP contribution in [0.4, 0.5) is 30.7 Å². The summed E-state index contributed by atoms with van der Waals surface area (Å²) < 4.78 is 92.1. The highest BCUT2D eigenvalue weighted by Gasteiger charge is 2.77. The van der Waals surface area contributed by atoms with Crippen LogP contribution in [0.3, 0.4) is 0 Å². The van der Waals surface area contributed by atoms with Crippen molar-refractivity contribution in [1.29, 1.82) is 0 Å². The number of alkyl halides is 7. The van der Waals surface area contributed by atoms with Crippen LogP contribution < -0.4 is 0 Å². The summed E-state index contributed by atoms with van der Waals surface area (Å²) in [5.74, 6) is -15.3. The van der Waals surface area contributed by atoms with E-state index in [2.05, 4.69) is 11.7 Å². The molecule has 0 spiro atoms. The van der Waals surface area contributed by atoms with Crippen LogP contribution in [0, 0.1) is 0 Å². The average Bonchev–Trinajstić information content (AvgIpc) is 2.58. The number of unbranched alkanes of at least 4 members (excludes halogenated alkanes) is 10. The minimum absolute atomic E-state index is 0.121. The van der Waals surface area contributed by atoms with Crippen molar-refractivity contribution in [2.24, 2.45) is 0 Å². The molecule has 0 fully saturated rings. The smallest absolute Gasteiger partial charge is 0.458 e. The predicted molar refractivity (Wildman–Crippen MR) is 92.6 cm³/mol. The van der Waals surface area contributed by atoms with E-state index in [9.17, 15) is 35.5 Å². The van der Waals surface area contributed by atoms with Crippen molar-refractivity contribution in [3.63, 3.8) is 0 Å². The predicted octanol–water partition coefficient (Wildman–Crippen LogP) is 7.45. The number of rotatable bonds is 15. The molecule has 9 heteroatoms. The fourth-order valence-corrected chi connectivity index (χ4v) is 2.72. The van der Waals surface area contributed by atoms with Crippen molar-refractivity contribution < 1.29 is 40.3 Å². The van der Waals surface area contributed by atoms with Gasteiger partial charge in [-0.1, -0.05) is 71.1 Å². The first-order valence-corrected chi connectivity index (χ1v) is 9.91. The van der Waals surface area contributed by atoms with Crippen LogP contribution in [0.5, 0.6) is 0 Å². The molecule has 1 unspecified atom stereocenters. The molecule has 1 atom stereocenters. The average molecular weight is 424 g/mol. The van der Waals surface area contributed by atoms with E-state index >= 15 is 0 Å². The highest BCUT2D eigenvalue weighted by molar-refractivity contribution is 5.79. The molecule has 0 saturated carbocycles. The molecule has 0 radical (unpaired) electrons. The Morgan fingerprint density at radius 2 is 1.14 bits per heavy atom. The summed E-state index contributed by atoms with van der Waals surface area (Å²) in [6, 6.07) is 0. The zero-order valence-electron chi connectivity index (χ0n) is 16.5. The summed E-state index contributed by atoms with van der Waals surface area (Å²) in [6.07, 6.45) is 3.95. The Kier molecular flexibility index (Phi) is 12.1. The SMILES string of the molecule is CCCCCCCCCCCCCC(C)OC(=O)C(F)(F)C(F)(F)C(F)(F)F. The molecular weight excluding hydrogens is 393 g/mol. The molecule has 0 aliphatic carbocycles. The molecular formula is C19H31F7O2. The molecule has 0 aliphatic rings. The summed E-state index contributed by atoms with van der Waals surface area (Å²) in [5, 5.41) is 0. The maximum Gasteiger partial charge on any atom is 0.460 e. The standard InChI is InChI=1S/C19H31F7O2/c1-3-4-5-6-7-8-9-10-11-12-13-14-15(2)28-16(27)17(20,21)18(22,23)19(24,25)26/h15H,3-14H2,1-2H3. The number of halogens is 7. The zero-order chi connectivity index (χ0) is 21.8. The molecule has 168 valence electrons. The highest BCUT2D eigenvalue weighted by atomic mass is 19.4. The normalized spacial score (nSPS) is 14.2. The zero-order valence-corrected chi connectivity index (χ0v) is 16.5. The molecule has 0 aromatic rings. The Balaban J connectivity index is 3.98. The molecule has 0 N–H and O–H groups in total. The van der Waals surface area contributed by atoms with Gasteiger partial charge in [0.25, 0.3) is 0 Å². The van der Waals surface area contributed by atoms with Crippen molar-refractivity contribution >= 4 is 5.97 Å². The first-order valence-electron chi connectivity index (χ1n) is 9.91. The van der Waals surface area contributed by atoms with E-state index < -0.39 is 30.1 Å². The lowest BCUT2D eigenvalue weighted by Crippen LogP contribution is -2.57. The highest BCUT2D eigenvalue weighted by Crippen LogP contribution is 2.47. The molecule has 0 aromatic carbocycles. The van der Waals surface area contributed by atoms with E-state index in [1.54, 1.807) is 0 Å². The van der Waals surface area contributed by atoms with Gasteiger partial charge in [0.2, 0.25) is 0 Å². The number of ether oxygens (including phenoxy) is 1. The molecule has 0 heterocycles. The number of esters is 1. The Morgan fingerprint density at radius 1 is 0.750 bits per heavy atom. The molecule has 0 bridgehead atoms. The van der Waals surface area contributed by atoms with E-state index in [0.29, 0.717) is 6.42 Å². The van der Waals surface area contributed by atoms with E-state index in [-0.39, 0.29) is 6.42 Å². The van der Waals surface area contributed by atoms with Gasteiger partial charge in [-0.2, -0.15) is 30.7 Å². The van der Waals surface area contributed by atoms with Crippen molar-refractivity contribution in [2.75, 3.05) is 0 Å². The van der Waals surface area contributed by atoms with Crippen LogP contribution in [0.25, 0.3) is 0 Å². The third-order valence-electron chi connectivity index (χ3n) is 4.53. The largest absolute Gasteiger partial charge is 0.460 e. The van der Waals surface area contributed by atoms with Crippen LogP contribution >= 0.6 is 0 Å². The van der Waals surface area contributed by atoms with Gasteiger partial charge in [-0.25, -0.2) is 4.79 Å². The van der Waals surface area contributed by atoms with Gasteiger partial charge in [0, 0.05) is 0 Å². The third kappa shape index (κ3) is 8.99. The second-order valence-corrected chi connectivity index (χ2v) is 7.19. The monoisotopic (exact) mass is 424 g/mol. The van der Waals surface area contributed by atoms with Crippen LogP contribution in [-0.2, 0) is 9.53 Å². The van der Waals surface area contributed by atoms with Crippen molar-refractivity contribution in [3.05, 3.63) is 0 Å². The van der Waals surface area contributed by atoms with E-state index in [4.69, 9.17) is 0 Å². The lowest BCUT2D eigenvalue weighted by atomic mass is 10.0. The first-order chi connectivity index (χ1) is 12.9. The van der Waals surface area contributed by atoms with Gasteiger partial charge in [0.15, 0.2) is 0 Å². The molecule has 2 nitrogen and oxygen atoms in total. The second-order valence-electron chi connectivity index (χ2n) is 7.19. The van der Waals surface area contributed by atoms with Gasteiger partial charge >= 0.3 is 24.0 Å². The second kappa shape index (κ2) is 12.5. The third-order valence-corrected chi connectivity index (χ3v) is 4.53. The number of hydrogen-bond donors (Lipinski definition) is 0. The fraction of sp³-hybridized carbons (Fsp3) is 0.947. The summed E-state index contributed by atoms with van der Waals surface area (Å²) in [7, 11) is 0. The van der Waals surface area contributed by atoms with Crippen molar-refractivity contribution in [1.82, 2.24) is 0 Å². The van der Waals surface area contributed by atoms with Gasteiger partial charge < -0.3 is 4.74 Å². The van der Waals surface area contributed by atoms with Gasteiger partial charge in [0.1, 0.15) is 0 Å². The lowest BCUT2D eigenvalue weighted by molar-refractivity contribution is -0.349. The van der Waals surface area contributed by atoms with Gasteiger partial charge in [0.05, 0.1) is 6.10 Å². The maximum atomic E-state index is 13.2. The van der Waals surface area contributed by atoms with E-state index in [1.165, 1.54) is 39.0 Å². The number of hydrogen-bond acceptors (Lipinski definition) is 2. The summed E-state index contributed by atoms with van der Waals surface area (Å²) in [4.78, 5) is 11.1. The Labute approximate surface area is 162 Å². The topological polar surface area (TPSA) is 26.3 Å². The number of carbonyl (C=O) groups excluding carboxylic acids is 1. The Morgan fingerprint density at radius 3 is 1.54 bits per heavy atom. The van der Waals surface area contributed by atoms with E-state index in [1.807, 2.05) is 0 Å². The summed E-state index contributed by atoms with van der Waals surface area (Å²) >= 11 is 0. The van der Waals surface area contributed by atoms with E-state index in [0.717, 1.165) is 32.1 Å². The van der Waals surface area contributed by atoms with Crippen molar-refractivity contribution in [2.45, 2.75) is 115 Å². The fourth-order valence-electron chi connectivity index (χ4n) is 2.72. The molecule has 0 aliphatic heterocycles. The Bertz CT molecular complexity index is 436. The van der Waals surface area contributed by atoms with Crippen LogP contribution in [0.15, 0.2) is 0 Å². The van der Waals surface area contributed by atoms with Gasteiger partial charge in [-0.3, -0.25) is 0 Å². The molecule has 28 heavy (non-hydrogen) atoms. The quantitative estimate of drug-likeness (QED) is 0.155. The first kappa shape index (κ1) is 27.0. The minimum Gasteiger partial charge on any atom is -0.458 e. The summed E-state index contributed by atoms with van der Waals surface area (Å²) in [5.41, 5.74) is 0. The number of carbonyl (C=O) groups is 1. The molecule has 0 saturated heterocycles. The molecule has 0 amide bonds. The van der Waals surface area contributed by atoms with Crippen LogP contribution in [0.1, 0.15) is 90.9 Å². The minimum atomic E-state index is -6.55. The lowest BCUT2D eigenvalue weighted by Gasteiger charge is -2.27. The Hall–Kier alpha value is -1.02. The molecule has 0 rings (SSSR count). The van der Waals surface area contributed by atoms with Crippen LogP contribution in [-0.4, -0.2) is 30.1 Å². The van der Waals surface area contributed by atoms with Crippen LogP contribution in [0.2, 0.25) is 0 Å². The van der Waals surface area contributed by atoms with Gasteiger partial charge in [-0.15, -0.1) is 0 Å². The summed E-state index contributed by atoms with van der Waals surface area (Å²) in [6.45, 7) is 3.35. The maximum absolute atomic E-state index is 13.2. The van der Waals surface area contributed by atoms with Crippen molar-refractivity contribution in [3.8, 4) is 0 Å².